The van der Waals surface area contributed by atoms with E-state index in [0.29, 0.717) is 33.3 Å². The average molecular weight is 1250 g/mol. The number of hydrogen-bond donors (Lipinski definition) is 0. The lowest BCUT2D eigenvalue weighted by molar-refractivity contribution is 1.27. The number of aromatic nitrogens is 8. The van der Waals surface area contributed by atoms with E-state index in [2.05, 4.69) is 267 Å². The van der Waals surface area contributed by atoms with Crippen molar-refractivity contribution >= 4 is 162 Å². The molecule has 5 aromatic heterocycles. The third-order valence-corrected chi connectivity index (χ3v) is 21.0. The van der Waals surface area contributed by atoms with E-state index in [4.69, 9.17) is 39.9 Å². The van der Waals surface area contributed by atoms with E-state index in [-0.39, 0.29) is 0 Å². The van der Waals surface area contributed by atoms with Crippen molar-refractivity contribution in [1.29, 1.82) is 0 Å². The van der Waals surface area contributed by atoms with Crippen molar-refractivity contribution in [2.45, 2.75) is 0 Å². The summed E-state index contributed by atoms with van der Waals surface area (Å²) in [4.78, 5) is 44.6. The van der Waals surface area contributed by atoms with Gasteiger partial charge in [0.15, 0.2) is 0 Å². The monoisotopic (exact) mass is 1250 g/mol. The maximum Gasteiger partial charge on any atom is 0.118 e. The zero-order chi connectivity index (χ0) is 63.4. The maximum atomic E-state index is 5.92. The lowest BCUT2D eigenvalue weighted by Crippen LogP contribution is -2.00. The summed E-state index contributed by atoms with van der Waals surface area (Å²) in [6.45, 7) is 0. The molecule has 446 valence electrons. The topological polar surface area (TPSA) is 103 Å². The van der Waals surface area contributed by atoms with Crippen LogP contribution in [-0.2, 0) is 0 Å². The van der Waals surface area contributed by atoms with Gasteiger partial charge < -0.3 is 0 Å². The van der Waals surface area contributed by atoms with Gasteiger partial charge in [0, 0.05) is 69.5 Å². The van der Waals surface area contributed by atoms with Gasteiger partial charge in [0.25, 0.3) is 0 Å². The molecule has 0 unspecified atom stereocenters. The summed E-state index contributed by atoms with van der Waals surface area (Å²) in [5.74, 6) is 0. The van der Waals surface area contributed by atoms with E-state index in [1.165, 1.54) is 79.4 Å². The molecular weight excluding hydrogens is 1200 g/mol. The third kappa shape index (κ3) is 8.22. The number of benzene rings is 16. The normalized spacial score (nSPS) is 12.1. The van der Waals surface area contributed by atoms with Crippen molar-refractivity contribution in [3.63, 3.8) is 0 Å². The molecule has 0 aliphatic rings. The average Bonchev–Trinajstić information content (AvgIpc) is 1.44. The molecule has 0 saturated carbocycles. The van der Waals surface area contributed by atoms with Gasteiger partial charge in [0.2, 0.25) is 0 Å². The molecule has 8 nitrogen and oxygen atoms in total. The Balaban J connectivity index is 0.826. The molecule has 9 heteroatoms. The molecule has 0 bridgehead atoms. The number of rotatable bonds is 6. The van der Waals surface area contributed by atoms with Crippen LogP contribution in [0.4, 0.5) is 0 Å². The standard InChI is InChI=1S/C88H48N8S/c1-2-17-49(18-3-1)50-19-16-20-51(41-50)74-46-90-86-84(94-74)73-45-55(35-39-69(73)82-85(86)89-47-76(93-82)53-36-40-78-72(43-53)66-29-14-15-32-77(66)97-78)80-79(54-34-38-65-61-26-7-5-22-57(61)59-24-9-11-28-63(59)71(65)44-54)95-83-68-31-13-12-30-67(68)81-87(88(83)96-80)91-48-75(92-81)52-33-37-64-60-25-6-4-21-56(60)58-23-8-10-27-62(58)70(64)42-52/h1-48H. The first-order chi connectivity index (χ1) is 48.1. The third-order valence-electron chi connectivity index (χ3n) is 19.9. The van der Waals surface area contributed by atoms with Gasteiger partial charge >= 0.3 is 0 Å². The fraction of sp³-hybridized carbons (Fsp3) is 0. The molecule has 0 N–H and O–H groups in total. The second kappa shape index (κ2) is 20.8. The van der Waals surface area contributed by atoms with Gasteiger partial charge in [-0.15, -0.1) is 11.3 Å². The van der Waals surface area contributed by atoms with Crippen LogP contribution in [0.3, 0.4) is 0 Å². The van der Waals surface area contributed by atoms with Crippen LogP contribution in [0.5, 0.6) is 0 Å². The molecule has 16 aromatic carbocycles. The molecule has 0 aliphatic carbocycles. The van der Waals surface area contributed by atoms with Crippen molar-refractivity contribution in [3.05, 3.63) is 292 Å². The summed E-state index contributed by atoms with van der Waals surface area (Å²) < 4.78 is 2.48. The van der Waals surface area contributed by atoms with Crippen LogP contribution >= 0.6 is 11.3 Å². The highest BCUT2D eigenvalue weighted by molar-refractivity contribution is 7.25. The Bertz CT molecular complexity index is 6960. The van der Waals surface area contributed by atoms with Crippen LogP contribution in [-0.4, -0.2) is 39.9 Å². The van der Waals surface area contributed by atoms with Crippen LogP contribution in [0, 0.1) is 0 Å². The van der Waals surface area contributed by atoms with E-state index in [1.807, 2.05) is 24.7 Å². The summed E-state index contributed by atoms with van der Waals surface area (Å²) in [5, 5.41) is 20.4. The quantitative estimate of drug-likeness (QED) is 0.152. The molecule has 0 aliphatic heterocycles. The minimum Gasteiger partial charge on any atom is -0.250 e. The van der Waals surface area contributed by atoms with Crippen LogP contribution in [0.15, 0.2) is 292 Å². The number of thiophene rings is 1. The number of nitrogens with zero attached hydrogens (tertiary/aromatic N) is 8. The molecule has 0 fully saturated rings. The fourth-order valence-corrected chi connectivity index (χ4v) is 16.4. The number of hydrogen-bond acceptors (Lipinski definition) is 9. The molecule has 0 spiro atoms. The van der Waals surface area contributed by atoms with Crippen molar-refractivity contribution in [3.8, 4) is 67.4 Å². The first kappa shape index (κ1) is 53.7. The summed E-state index contributed by atoms with van der Waals surface area (Å²) in [6, 6.07) is 97.5. The first-order valence-electron chi connectivity index (χ1n) is 32.6. The van der Waals surface area contributed by atoms with Gasteiger partial charge in [-0.2, -0.15) is 0 Å². The first-order valence-corrected chi connectivity index (χ1v) is 33.4. The van der Waals surface area contributed by atoms with Crippen molar-refractivity contribution in [1.82, 2.24) is 39.9 Å². The lowest BCUT2D eigenvalue weighted by Gasteiger charge is -2.17. The minimum absolute atomic E-state index is 0.648. The summed E-state index contributed by atoms with van der Waals surface area (Å²) >= 11 is 1.80. The summed E-state index contributed by atoms with van der Waals surface area (Å²) in [7, 11) is 0. The van der Waals surface area contributed by atoms with Crippen molar-refractivity contribution < 1.29 is 0 Å². The molecule has 97 heavy (non-hydrogen) atoms. The fourth-order valence-electron chi connectivity index (χ4n) is 15.3. The highest BCUT2D eigenvalue weighted by atomic mass is 32.1. The van der Waals surface area contributed by atoms with E-state index >= 15 is 0 Å². The Morgan fingerprint density at radius 2 is 0.505 bits per heavy atom. The largest absolute Gasteiger partial charge is 0.250 e. The van der Waals surface area contributed by atoms with Crippen LogP contribution < -0.4 is 0 Å². The van der Waals surface area contributed by atoms with Gasteiger partial charge in [0.1, 0.15) is 22.1 Å². The van der Waals surface area contributed by atoms with E-state index < -0.39 is 0 Å². The van der Waals surface area contributed by atoms with E-state index in [1.54, 1.807) is 11.3 Å². The molecule has 5 heterocycles. The SMILES string of the molecule is c1ccc(-c2cccc(-c3cnc4c(n3)c3cc(-c5nc6c(nc5-c5ccc7c8ccccc8c8ccccc8c7c5)c5ccccc5c5nc(-c7ccc8c9ccccc9c9ccccc9c8c7)cnc56)ccc3c3nc(-c5ccc6sc7ccccc7c6c5)cnc34)c2)cc1. The Hall–Kier alpha value is -12.8. The molecule has 0 radical (unpaired) electrons. The predicted molar refractivity (Wildman–Crippen MR) is 404 cm³/mol. The molecule has 0 amide bonds. The Morgan fingerprint density at radius 1 is 0.175 bits per heavy atom. The second-order valence-corrected chi connectivity index (χ2v) is 26.3. The second-order valence-electron chi connectivity index (χ2n) is 25.2. The zero-order valence-corrected chi connectivity index (χ0v) is 52.5. The molecule has 21 aromatic rings. The molecular formula is C88H48N8S. The maximum absolute atomic E-state index is 5.92. The predicted octanol–water partition coefficient (Wildman–Crippen LogP) is 23.1. The highest BCUT2D eigenvalue weighted by Gasteiger charge is 2.24. The van der Waals surface area contributed by atoms with E-state index in [9.17, 15) is 0 Å². The lowest BCUT2D eigenvalue weighted by atomic mass is 9.92. The summed E-state index contributed by atoms with van der Waals surface area (Å²) in [5.41, 5.74) is 16.1. The Kier molecular flexibility index (Phi) is 11.5. The van der Waals surface area contributed by atoms with Gasteiger partial charge in [-0.25, -0.2) is 39.9 Å². The Labute approximate surface area is 557 Å². The van der Waals surface area contributed by atoms with Gasteiger partial charge in [0.05, 0.1) is 69.1 Å². The van der Waals surface area contributed by atoms with Crippen LogP contribution in [0.25, 0.3) is 218 Å². The summed E-state index contributed by atoms with van der Waals surface area (Å²) in [6.07, 6.45) is 5.66. The zero-order valence-electron chi connectivity index (χ0n) is 51.7. The van der Waals surface area contributed by atoms with Crippen LogP contribution in [0.2, 0.25) is 0 Å². The molecule has 21 rings (SSSR count). The minimum atomic E-state index is 0.648. The highest BCUT2D eigenvalue weighted by Crippen LogP contribution is 2.45. The van der Waals surface area contributed by atoms with Gasteiger partial charge in [-0.1, -0.05) is 231 Å². The van der Waals surface area contributed by atoms with Gasteiger partial charge in [-0.05, 0) is 118 Å². The molecule has 0 saturated heterocycles. The Morgan fingerprint density at radius 3 is 1.05 bits per heavy atom. The van der Waals surface area contributed by atoms with Crippen molar-refractivity contribution in [2.24, 2.45) is 0 Å². The van der Waals surface area contributed by atoms with E-state index in [0.717, 1.165) is 105 Å². The molecule has 0 atom stereocenters. The van der Waals surface area contributed by atoms with Crippen LogP contribution in [0.1, 0.15) is 0 Å². The number of fused-ring (bicyclic) bond motifs is 27. The van der Waals surface area contributed by atoms with Gasteiger partial charge in [-0.3, -0.25) is 0 Å². The van der Waals surface area contributed by atoms with Crippen molar-refractivity contribution in [2.75, 3.05) is 0 Å². The smallest absolute Gasteiger partial charge is 0.118 e.